The third-order valence-electron chi connectivity index (χ3n) is 3.79. The summed E-state index contributed by atoms with van der Waals surface area (Å²) < 4.78 is 40.8. The second-order valence-electron chi connectivity index (χ2n) is 5.84. The first kappa shape index (κ1) is 17.6. The van der Waals surface area contributed by atoms with E-state index in [0.29, 0.717) is 12.6 Å². The van der Waals surface area contributed by atoms with Gasteiger partial charge in [0.2, 0.25) is 5.91 Å². The fraction of sp³-hybridized carbons (Fsp3) is 0.562. The zero-order valence-electron chi connectivity index (χ0n) is 13.0. The maximum absolute atomic E-state index is 12.1. The van der Waals surface area contributed by atoms with Crippen molar-refractivity contribution >= 4 is 5.91 Å². The highest BCUT2D eigenvalue weighted by molar-refractivity contribution is 5.78. The average molecular weight is 330 g/mol. The highest BCUT2D eigenvalue weighted by atomic mass is 19.4. The first-order valence-electron chi connectivity index (χ1n) is 7.63. The van der Waals surface area contributed by atoms with E-state index in [9.17, 15) is 18.0 Å². The van der Waals surface area contributed by atoms with Gasteiger partial charge in [-0.15, -0.1) is 0 Å². The largest absolute Gasteiger partial charge is 0.484 e. The Morgan fingerprint density at radius 3 is 2.65 bits per heavy atom. The molecule has 1 amide bonds. The van der Waals surface area contributed by atoms with Crippen LogP contribution in [0.3, 0.4) is 0 Å². The Bertz CT molecular complexity index is 517. The molecule has 7 heteroatoms. The van der Waals surface area contributed by atoms with Crippen molar-refractivity contribution in [2.24, 2.45) is 5.92 Å². The molecule has 23 heavy (non-hydrogen) atoms. The zero-order chi connectivity index (χ0) is 16.9. The molecule has 1 heterocycles. The van der Waals surface area contributed by atoms with E-state index in [1.54, 1.807) is 12.1 Å². The highest BCUT2D eigenvalue weighted by Gasteiger charge is 2.28. The fourth-order valence-electron chi connectivity index (χ4n) is 2.57. The van der Waals surface area contributed by atoms with Crippen molar-refractivity contribution < 1.29 is 22.7 Å². The van der Waals surface area contributed by atoms with Gasteiger partial charge in [-0.3, -0.25) is 4.79 Å². The summed E-state index contributed by atoms with van der Waals surface area (Å²) >= 11 is 0. The second-order valence-corrected chi connectivity index (χ2v) is 5.84. The lowest BCUT2D eigenvalue weighted by atomic mass is 9.92. The number of carbonyl (C=O) groups excluding carboxylic acids is 1. The van der Waals surface area contributed by atoms with Gasteiger partial charge in [0.15, 0.2) is 6.61 Å². The Labute approximate surface area is 133 Å². The van der Waals surface area contributed by atoms with Gasteiger partial charge in [-0.2, -0.15) is 13.2 Å². The smallest absolute Gasteiger partial charge is 0.422 e. The van der Waals surface area contributed by atoms with Crippen LogP contribution in [0.15, 0.2) is 24.3 Å². The van der Waals surface area contributed by atoms with Gasteiger partial charge in [0, 0.05) is 18.5 Å². The van der Waals surface area contributed by atoms with Crippen LogP contribution in [0.4, 0.5) is 13.2 Å². The summed E-state index contributed by atoms with van der Waals surface area (Å²) in [6.07, 6.45) is -2.71. The third-order valence-corrected chi connectivity index (χ3v) is 3.79. The number of hydrogen-bond donors (Lipinski definition) is 2. The van der Waals surface area contributed by atoms with Crippen molar-refractivity contribution in [3.8, 4) is 5.75 Å². The van der Waals surface area contributed by atoms with Crippen LogP contribution in [-0.4, -0.2) is 31.3 Å². The van der Waals surface area contributed by atoms with Crippen LogP contribution in [0.25, 0.3) is 0 Å². The molecule has 1 aliphatic heterocycles. The summed E-state index contributed by atoms with van der Waals surface area (Å²) in [5.41, 5.74) is 0.819. The van der Waals surface area contributed by atoms with E-state index in [0.717, 1.165) is 24.9 Å². The number of amides is 1. The summed E-state index contributed by atoms with van der Waals surface area (Å²) in [5, 5.41) is 6.17. The van der Waals surface area contributed by atoms with Crippen LogP contribution in [0.2, 0.25) is 0 Å². The fourth-order valence-corrected chi connectivity index (χ4v) is 2.57. The predicted molar refractivity (Wildman–Crippen MR) is 80.0 cm³/mol. The lowest BCUT2D eigenvalue weighted by molar-refractivity contribution is -0.153. The van der Waals surface area contributed by atoms with E-state index in [2.05, 4.69) is 22.3 Å². The molecule has 2 rings (SSSR count). The normalized spacial score (nSPS) is 21.7. The second kappa shape index (κ2) is 7.68. The molecule has 0 unspecified atom stereocenters. The van der Waals surface area contributed by atoms with Crippen LogP contribution in [0.1, 0.15) is 25.3 Å². The summed E-state index contributed by atoms with van der Waals surface area (Å²) in [4.78, 5) is 12.1. The number of benzene rings is 1. The topological polar surface area (TPSA) is 50.4 Å². The predicted octanol–water partition coefficient (Wildman–Crippen LogP) is 2.63. The molecule has 0 aromatic heterocycles. The Kier molecular flexibility index (Phi) is 5.87. The van der Waals surface area contributed by atoms with Gasteiger partial charge >= 0.3 is 6.18 Å². The van der Waals surface area contributed by atoms with Crippen molar-refractivity contribution in [3.63, 3.8) is 0 Å². The van der Waals surface area contributed by atoms with Crippen molar-refractivity contribution in [2.75, 3.05) is 13.2 Å². The minimum Gasteiger partial charge on any atom is -0.484 e. The number of ether oxygens (including phenoxy) is 1. The quantitative estimate of drug-likeness (QED) is 0.873. The first-order chi connectivity index (χ1) is 10.8. The van der Waals surface area contributed by atoms with Gasteiger partial charge in [0.05, 0.1) is 0 Å². The van der Waals surface area contributed by atoms with E-state index in [1.165, 1.54) is 12.1 Å². The van der Waals surface area contributed by atoms with Crippen molar-refractivity contribution in [3.05, 3.63) is 29.8 Å². The van der Waals surface area contributed by atoms with E-state index in [4.69, 9.17) is 0 Å². The molecule has 0 saturated carbocycles. The molecule has 1 aliphatic rings. The molecule has 2 atom stereocenters. The molecule has 1 aromatic rings. The molecular weight excluding hydrogens is 309 g/mol. The molecule has 0 bridgehead atoms. The molecule has 0 aliphatic carbocycles. The number of hydrogen-bond acceptors (Lipinski definition) is 3. The third kappa shape index (κ3) is 6.09. The molecule has 128 valence electrons. The standard InChI is InChI=1S/C16H21F3N2O2/c1-11-8-13(6-7-20-11)15(22)21-9-12-2-4-14(5-3-12)23-10-16(17,18)19/h2-5,11,13,20H,6-10H2,1H3,(H,21,22)/t11-,13-/m0/s1. The van der Waals surface area contributed by atoms with Gasteiger partial charge < -0.3 is 15.4 Å². The van der Waals surface area contributed by atoms with Crippen LogP contribution in [0, 0.1) is 5.92 Å². The Hall–Kier alpha value is -1.76. The number of alkyl halides is 3. The van der Waals surface area contributed by atoms with Crippen LogP contribution in [0.5, 0.6) is 5.75 Å². The molecule has 1 saturated heterocycles. The highest BCUT2D eigenvalue weighted by Crippen LogP contribution is 2.19. The molecule has 1 aromatic carbocycles. The maximum atomic E-state index is 12.1. The van der Waals surface area contributed by atoms with E-state index in [-0.39, 0.29) is 17.6 Å². The zero-order valence-corrected chi connectivity index (χ0v) is 13.0. The van der Waals surface area contributed by atoms with Gasteiger partial charge in [-0.05, 0) is 44.0 Å². The summed E-state index contributed by atoms with van der Waals surface area (Å²) in [7, 11) is 0. The lowest BCUT2D eigenvalue weighted by Gasteiger charge is -2.27. The maximum Gasteiger partial charge on any atom is 0.422 e. The van der Waals surface area contributed by atoms with E-state index in [1.807, 2.05) is 0 Å². The number of halogens is 3. The van der Waals surface area contributed by atoms with Gasteiger partial charge in [-0.1, -0.05) is 12.1 Å². The van der Waals surface area contributed by atoms with Crippen LogP contribution in [-0.2, 0) is 11.3 Å². The van der Waals surface area contributed by atoms with Crippen LogP contribution >= 0.6 is 0 Å². The van der Waals surface area contributed by atoms with E-state index < -0.39 is 12.8 Å². The number of nitrogens with one attached hydrogen (secondary N) is 2. The van der Waals surface area contributed by atoms with Crippen molar-refractivity contribution in [1.29, 1.82) is 0 Å². The summed E-state index contributed by atoms with van der Waals surface area (Å²) in [6, 6.07) is 6.58. The minimum atomic E-state index is -4.35. The number of carbonyl (C=O) groups is 1. The Balaban J connectivity index is 1.78. The SMILES string of the molecule is C[C@H]1C[C@@H](C(=O)NCc2ccc(OCC(F)(F)F)cc2)CCN1. The first-order valence-corrected chi connectivity index (χ1v) is 7.63. The molecule has 2 N–H and O–H groups in total. The lowest BCUT2D eigenvalue weighted by Crippen LogP contribution is -2.42. The van der Waals surface area contributed by atoms with Crippen molar-refractivity contribution in [2.45, 2.75) is 38.5 Å². The summed E-state index contributed by atoms with van der Waals surface area (Å²) in [5.74, 6) is 0.195. The van der Waals surface area contributed by atoms with Gasteiger partial charge in [0.25, 0.3) is 0 Å². The van der Waals surface area contributed by atoms with Crippen LogP contribution < -0.4 is 15.4 Å². The molecule has 1 fully saturated rings. The molecule has 0 spiro atoms. The summed E-state index contributed by atoms with van der Waals surface area (Å²) in [6.45, 7) is 1.94. The monoisotopic (exact) mass is 330 g/mol. The van der Waals surface area contributed by atoms with Gasteiger partial charge in [-0.25, -0.2) is 0 Å². The Morgan fingerprint density at radius 2 is 2.04 bits per heavy atom. The van der Waals surface area contributed by atoms with Gasteiger partial charge in [0.1, 0.15) is 5.75 Å². The average Bonchev–Trinajstić information content (AvgIpc) is 2.51. The molecule has 0 radical (unpaired) electrons. The Morgan fingerprint density at radius 1 is 1.35 bits per heavy atom. The molecular formula is C16H21F3N2O2. The van der Waals surface area contributed by atoms with E-state index >= 15 is 0 Å². The molecule has 4 nitrogen and oxygen atoms in total. The van der Waals surface area contributed by atoms with Crippen molar-refractivity contribution in [1.82, 2.24) is 10.6 Å². The minimum absolute atomic E-state index is 0.0145. The number of piperidine rings is 1. The number of rotatable bonds is 5.